The zero-order chi connectivity index (χ0) is 20.6. The standard InChI is InChI=1S/C21H24N4O3S/c1-4-27-18-10-6-16(7-11-18)22-20(26)14-29-21-24-23-15(3)25(21)17-8-12-19(13-9-17)28-5-2/h6-13H,4-5,14H2,1-3H3,(H,22,26). The fraction of sp³-hybridized carbons (Fsp3) is 0.286. The molecule has 0 unspecified atom stereocenters. The highest BCUT2D eigenvalue weighted by atomic mass is 32.2. The van der Waals surface area contributed by atoms with Crippen LogP contribution in [0, 0.1) is 6.92 Å². The molecule has 1 amide bonds. The minimum absolute atomic E-state index is 0.113. The maximum absolute atomic E-state index is 12.3. The second kappa shape index (κ2) is 9.97. The van der Waals surface area contributed by atoms with Crippen molar-refractivity contribution in [2.45, 2.75) is 25.9 Å². The Balaban J connectivity index is 1.63. The predicted octanol–water partition coefficient (Wildman–Crippen LogP) is 4.10. The van der Waals surface area contributed by atoms with Gasteiger partial charge in [0, 0.05) is 11.4 Å². The molecule has 0 fully saturated rings. The second-order valence-electron chi connectivity index (χ2n) is 6.09. The Morgan fingerprint density at radius 3 is 2.14 bits per heavy atom. The predicted molar refractivity (Wildman–Crippen MR) is 114 cm³/mol. The lowest BCUT2D eigenvalue weighted by Crippen LogP contribution is -2.14. The number of nitrogens with one attached hydrogen (secondary N) is 1. The van der Waals surface area contributed by atoms with Gasteiger partial charge in [-0.25, -0.2) is 0 Å². The van der Waals surface area contributed by atoms with E-state index < -0.39 is 0 Å². The monoisotopic (exact) mass is 412 g/mol. The van der Waals surface area contributed by atoms with Crippen molar-refractivity contribution in [2.75, 3.05) is 24.3 Å². The number of carbonyl (C=O) groups excluding carboxylic acids is 1. The molecule has 0 saturated carbocycles. The molecule has 7 nitrogen and oxygen atoms in total. The van der Waals surface area contributed by atoms with Crippen LogP contribution < -0.4 is 14.8 Å². The van der Waals surface area contributed by atoms with Gasteiger partial charge in [0.25, 0.3) is 0 Å². The Bertz CT molecular complexity index is 940. The highest BCUT2D eigenvalue weighted by Crippen LogP contribution is 2.24. The molecule has 0 aliphatic rings. The van der Waals surface area contributed by atoms with Crippen molar-refractivity contribution in [1.29, 1.82) is 0 Å². The minimum atomic E-state index is -0.113. The number of rotatable bonds is 9. The van der Waals surface area contributed by atoms with Gasteiger partial charge in [0.1, 0.15) is 17.3 Å². The number of anilines is 1. The summed E-state index contributed by atoms with van der Waals surface area (Å²) in [6.45, 7) is 6.99. The van der Waals surface area contributed by atoms with Crippen LogP contribution in [0.1, 0.15) is 19.7 Å². The smallest absolute Gasteiger partial charge is 0.234 e. The third kappa shape index (κ3) is 5.51. The Morgan fingerprint density at radius 1 is 0.966 bits per heavy atom. The number of benzene rings is 2. The molecule has 3 rings (SSSR count). The Labute approximate surface area is 174 Å². The van der Waals surface area contributed by atoms with Gasteiger partial charge in [-0.15, -0.1) is 10.2 Å². The van der Waals surface area contributed by atoms with Crippen molar-refractivity contribution in [1.82, 2.24) is 14.8 Å². The Hall–Kier alpha value is -3.00. The summed E-state index contributed by atoms with van der Waals surface area (Å²) >= 11 is 1.34. The van der Waals surface area contributed by atoms with Gasteiger partial charge in [-0.2, -0.15) is 0 Å². The summed E-state index contributed by atoms with van der Waals surface area (Å²) in [4.78, 5) is 12.3. The number of amides is 1. The number of nitrogens with zero attached hydrogens (tertiary/aromatic N) is 3. The van der Waals surface area contributed by atoms with Gasteiger partial charge < -0.3 is 14.8 Å². The fourth-order valence-electron chi connectivity index (χ4n) is 2.72. The Kier molecular flexibility index (Phi) is 7.13. The van der Waals surface area contributed by atoms with E-state index in [0.717, 1.165) is 28.7 Å². The molecule has 0 aliphatic carbocycles. The van der Waals surface area contributed by atoms with E-state index in [-0.39, 0.29) is 11.7 Å². The van der Waals surface area contributed by atoms with Gasteiger partial charge in [-0.05, 0) is 69.3 Å². The molecule has 152 valence electrons. The van der Waals surface area contributed by atoms with Crippen molar-refractivity contribution < 1.29 is 14.3 Å². The van der Waals surface area contributed by atoms with E-state index in [4.69, 9.17) is 9.47 Å². The molecule has 0 radical (unpaired) electrons. The average Bonchev–Trinajstić information content (AvgIpc) is 3.09. The van der Waals surface area contributed by atoms with Gasteiger partial charge in [0.05, 0.1) is 19.0 Å². The summed E-state index contributed by atoms with van der Waals surface area (Å²) in [6, 6.07) is 15.0. The van der Waals surface area contributed by atoms with Gasteiger partial charge in [0.15, 0.2) is 5.16 Å². The number of hydrogen-bond donors (Lipinski definition) is 1. The van der Waals surface area contributed by atoms with Crippen molar-refractivity contribution in [3.8, 4) is 17.2 Å². The van der Waals surface area contributed by atoms with Crippen molar-refractivity contribution in [3.63, 3.8) is 0 Å². The first-order valence-corrected chi connectivity index (χ1v) is 10.4. The number of aromatic nitrogens is 3. The van der Waals surface area contributed by atoms with Crippen LogP contribution in [0.2, 0.25) is 0 Å². The quantitative estimate of drug-likeness (QED) is 0.533. The third-order valence-corrected chi connectivity index (χ3v) is 4.91. The van der Waals surface area contributed by atoms with Crippen molar-refractivity contribution >= 4 is 23.4 Å². The number of carbonyl (C=O) groups is 1. The lowest BCUT2D eigenvalue weighted by atomic mass is 10.3. The van der Waals surface area contributed by atoms with Crippen LogP contribution in [0.3, 0.4) is 0 Å². The maximum atomic E-state index is 12.3. The summed E-state index contributed by atoms with van der Waals surface area (Å²) in [7, 11) is 0. The first kappa shape index (κ1) is 20.7. The zero-order valence-electron chi connectivity index (χ0n) is 16.7. The third-order valence-electron chi connectivity index (χ3n) is 3.98. The van der Waals surface area contributed by atoms with E-state index in [2.05, 4.69) is 15.5 Å². The molecule has 3 aromatic rings. The van der Waals surface area contributed by atoms with Crippen LogP contribution in [0.5, 0.6) is 11.5 Å². The lowest BCUT2D eigenvalue weighted by molar-refractivity contribution is -0.113. The van der Waals surface area contributed by atoms with E-state index in [1.165, 1.54) is 11.8 Å². The van der Waals surface area contributed by atoms with Crippen LogP contribution in [-0.4, -0.2) is 39.6 Å². The van der Waals surface area contributed by atoms with Crippen molar-refractivity contribution in [2.24, 2.45) is 0 Å². The van der Waals surface area contributed by atoms with Gasteiger partial charge >= 0.3 is 0 Å². The topological polar surface area (TPSA) is 78.3 Å². The maximum Gasteiger partial charge on any atom is 0.234 e. The van der Waals surface area contributed by atoms with Crippen LogP contribution in [-0.2, 0) is 4.79 Å². The second-order valence-corrected chi connectivity index (χ2v) is 7.03. The molecule has 2 aromatic carbocycles. The summed E-state index contributed by atoms with van der Waals surface area (Å²) in [6.07, 6.45) is 0. The lowest BCUT2D eigenvalue weighted by Gasteiger charge is -2.10. The Morgan fingerprint density at radius 2 is 1.55 bits per heavy atom. The van der Waals surface area contributed by atoms with Crippen LogP contribution in [0.15, 0.2) is 53.7 Å². The van der Waals surface area contributed by atoms with Crippen LogP contribution in [0.4, 0.5) is 5.69 Å². The first-order valence-electron chi connectivity index (χ1n) is 9.41. The average molecular weight is 413 g/mol. The summed E-state index contributed by atoms with van der Waals surface area (Å²) in [5.74, 6) is 2.45. The number of aryl methyl sites for hydroxylation is 1. The van der Waals surface area contributed by atoms with E-state index >= 15 is 0 Å². The van der Waals surface area contributed by atoms with Gasteiger partial charge in [-0.3, -0.25) is 9.36 Å². The number of hydrogen-bond acceptors (Lipinski definition) is 6. The first-order chi connectivity index (χ1) is 14.1. The highest BCUT2D eigenvalue weighted by molar-refractivity contribution is 7.99. The SMILES string of the molecule is CCOc1ccc(NC(=O)CSc2nnc(C)n2-c2ccc(OCC)cc2)cc1. The van der Waals surface area contributed by atoms with E-state index in [0.29, 0.717) is 18.4 Å². The fourth-order valence-corrected chi connectivity index (χ4v) is 3.52. The molecule has 8 heteroatoms. The number of thioether (sulfide) groups is 1. The molecule has 1 heterocycles. The molecule has 0 saturated heterocycles. The molecule has 0 spiro atoms. The molecule has 0 atom stereocenters. The van der Waals surface area contributed by atoms with Crippen molar-refractivity contribution in [3.05, 3.63) is 54.4 Å². The normalized spacial score (nSPS) is 10.6. The minimum Gasteiger partial charge on any atom is -0.494 e. The van der Waals surface area contributed by atoms with E-state index in [9.17, 15) is 4.79 Å². The largest absolute Gasteiger partial charge is 0.494 e. The van der Waals surface area contributed by atoms with E-state index in [1.807, 2.05) is 73.9 Å². The van der Waals surface area contributed by atoms with E-state index in [1.54, 1.807) is 0 Å². The molecule has 0 bridgehead atoms. The molecular weight excluding hydrogens is 388 g/mol. The zero-order valence-corrected chi connectivity index (χ0v) is 17.5. The van der Waals surface area contributed by atoms with Crippen LogP contribution >= 0.6 is 11.8 Å². The molecular formula is C21H24N4O3S. The highest BCUT2D eigenvalue weighted by Gasteiger charge is 2.14. The molecule has 1 aromatic heterocycles. The summed E-state index contributed by atoms with van der Waals surface area (Å²) < 4.78 is 12.8. The van der Waals surface area contributed by atoms with Gasteiger partial charge in [-0.1, -0.05) is 11.8 Å². The molecule has 29 heavy (non-hydrogen) atoms. The van der Waals surface area contributed by atoms with Crippen LogP contribution in [0.25, 0.3) is 5.69 Å². The van der Waals surface area contributed by atoms with Gasteiger partial charge in [0.2, 0.25) is 5.91 Å². The molecule has 0 aliphatic heterocycles. The summed E-state index contributed by atoms with van der Waals surface area (Å²) in [5.41, 5.74) is 1.65. The summed E-state index contributed by atoms with van der Waals surface area (Å²) in [5, 5.41) is 11.9. The number of ether oxygens (including phenoxy) is 2. The molecule has 1 N–H and O–H groups in total.